The first-order chi connectivity index (χ1) is 27.7. The molecule has 8 N–H and O–H groups in total. The van der Waals surface area contributed by atoms with Gasteiger partial charge in [0.15, 0.2) is 18.5 Å². The van der Waals surface area contributed by atoms with Crippen LogP contribution in [-0.2, 0) is 50.4 Å². The van der Waals surface area contributed by atoms with Crippen molar-refractivity contribution in [1.82, 2.24) is 0 Å². The van der Waals surface area contributed by atoms with Crippen LogP contribution in [0.4, 0.5) is 0 Å². The van der Waals surface area contributed by atoms with Crippen molar-refractivity contribution >= 4 is 11.9 Å². The third kappa shape index (κ3) is 11.9. The van der Waals surface area contributed by atoms with Crippen LogP contribution in [0.25, 0.3) is 0 Å². The molecule has 2 fully saturated rings. The number of aliphatic hydroxyl groups excluding tert-OH is 6. The Morgan fingerprint density at radius 2 is 1.74 bits per heavy atom. The van der Waals surface area contributed by atoms with Crippen LogP contribution in [0.5, 0.6) is 11.5 Å². The minimum atomic E-state index is -2.25. The number of phenolic OH excluding ortho intramolecular Hbond substituents is 2. The van der Waals surface area contributed by atoms with Gasteiger partial charge in [-0.15, -0.1) is 0 Å². The molecule has 4 rings (SSSR count). The average Bonchev–Trinajstić information content (AvgIpc) is 3.57. The lowest BCUT2D eigenvalue weighted by molar-refractivity contribution is -0.395. The molecule has 0 amide bonds. The minimum Gasteiger partial charge on any atom is -0.508 e. The molecule has 3 heterocycles. The van der Waals surface area contributed by atoms with Crippen LogP contribution in [0.1, 0.15) is 90.2 Å². The second-order valence-electron chi connectivity index (χ2n) is 15.4. The van der Waals surface area contributed by atoms with Gasteiger partial charge in [0.1, 0.15) is 54.7 Å². The number of ether oxygens (including phenoxy) is 6. The quantitative estimate of drug-likeness (QED) is 0.0310. The third-order valence-corrected chi connectivity index (χ3v) is 10.9. The van der Waals surface area contributed by atoms with Crippen molar-refractivity contribution in [2.24, 2.45) is 11.8 Å². The molecule has 326 valence electrons. The Morgan fingerprint density at radius 3 is 2.45 bits per heavy atom. The molecule has 0 aliphatic carbocycles. The fraction of sp³-hybridized carbons (Fsp3) is 0.667. The maximum atomic E-state index is 13.3. The number of esters is 2. The Balaban J connectivity index is 1.51. The first-order valence-electron chi connectivity index (χ1n) is 20.2. The van der Waals surface area contributed by atoms with E-state index in [-0.39, 0.29) is 35.8 Å². The lowest BCUT2D eigenvalue weighted by atomic mass is 9.86. The largest absolute Gasteiger partial charge is 0.508 e. The number of rotatable bonds is 20. The van der Waals surface area contributed by atoms with Gasteiger partial charge in [-0.25, -0.2) is 4.79 Å². The molecule has 3 unspecified atom stereocenters. The van der Waals surface area contributed by atoms with Crippen LogP contribution in [0, 0.1) is 11.8 Å². The second kappa shape index (κ2) is 22.3. The van der Waals surface area contributed by atoms with Crippen molar-refractivity contribution in [3.63, 3.8) is 0 Å². The summed E-state index contributed by atoms with van der Waals surface area (Å²) in [6.07, 6.45) is -0.622. The first-order valence-corrected chi connectivity index (χ1v) is 20.2. The zero-order valence-electron chi connectivity index (χ0n) is 33.7. The van der Waals surface area contributed by atoms with E-state index in [0.29, 0.717) is 18.8 Å². The van der Waals surface area contributed by atoms with E-state index in [1.165, 1.54) is 12.1 Å². The summed E-state index contributed by atoms with van der Waals surface area (Å²) in [6, 6.07) is 2.28. The molecule has 3 aliphatic heterocycles. The van der Waals surface area contributed by atoms with E-state index in [2.05, 4.69) is 26.0 Å². The summed E-state index contributed by atoms with van der Waals surface area (Å²) in [5.41, 5.74) is 0.138. The van der Waals surface area contributed by atoms with Gasteiger partial charge in [-0.3, -0.25) is 4.79 Å². The van der Waals surface area contributed by atoms with Gasteiger partial charge < -0.3 is 69.3 Å². The summed E-state index contributed by atoms with van der Waals surface area (Å²) in [4.78, 5) is 25.5. The highest BCUT2D eigenvalue weighted by Crippen LogP contribution is 2.51. The standard InChI is InChI=1S/C42H62O16/c1-5-7-17-32(47)53-23-31-35(49)36(50)37(51)41(55-31)57-38-30(21-43)58-42(34-26(22-54-42)19-27(44)20-29(34)46)40(52)39(38)56-33(48)18-13-9-12-16-28(45)25(4)15-11-8-10-14-24(3)6-2/h9-10,12-14,18-20,24-25,28,30-31,35-41,43-46,49-52H,5-8,11,15-17,21-23H2,1-4H3/b12-9+,14-10+,18-13+/t24?,25?,28?,30-,31-,35+,36+,37-,38-,39+,40-,41+,42+/m1/s1. The fourth-order valence-electron chi connectivity index (χ4n) is 7.12. The number of aliphatic hydroxyl groups is 6. The average molecular weight is 823 g/mol. The molecule has 0 radical (unpaired) electrons. The predicted molar refractivity (Wildman–Crippen MR) is 207 cm³/mol. The molecule has 1 aromatic carbocycles. The fourth-order valence-corrected chi connectivity index (χ4v) is 7.12. The van der Waals surface area contributed by atoms with Crippen molar-refractivity contribution in [2.45, 2.75) is 153 Å². The topological polar surface area (TPSA) is 251 Å². The molecule has 1 aromatic rings. The van der Waals surface area contributed by atoms with Crippen LogP contribution >= 0.6 is 0 Å². The van der Waals surface area contributed by atoms with Crippen molar-refractivity contribution in [3.05, 3.63) is 59.7 Å². The molecule has 3 aliphatic rings. The maximum absolute atomic E-state index is 13.3. The minimum absolute atomic E-state index is 0.0489. The molecule has 58 heavy (non-hydrogen) atoms. The number of benzene rings is 1. The Labute approximate surface area is 339 Å². The number of unbranched alkanes of at least 4 members (excludes halogenated alkanes) is 2. The van der Waals surface area contributed by atoms with E-state index < -0.39 is 97.9 Å². The zero-order valence-corrected chi connectivity index (χ0v) is 33.7. The Kier molecular flexibility index (Phi) is 18.1. The molecule has 16 heteroatoms. The summed E-state index contributed by atoms with van der Waals surface area (Å²) >= 11 is 0. The van der Waals surface area contributed by atoms with Crippen molar-refractivity contribution in [2.75, 3.05) is 13.2 Å². The van der Waals surface area contributed by atoms with E-state index in [9.17, 15) is 50.4 Å². The van der Waals surface area contributed by atoms with Gasteiger partial charge in [-0.1, -0.05) is 70.9 Å². The van der Waals surface area contributed by atoms with Gasteiger partial charge in [0.05, 0.1) is 24.9 Å². The molecule has 0 aromatic heterocycles. The van der Waals surface area contributed by atoms with Crippen LogP contribution in [-0.4, -0.2) is 127 Å². The summed E-state index contributed by atoms with van der Waals surface area (Å²) in [7, 11) is 0. The van der Waals surface area contributed by atoms with Crippen LogP contribution in [0.15, 0.2) is 48.6 Å². The molecule has 2 saturated heterocycles. The van der Waals surface area contributed by atoms with Crippen LogP contribution < -0.4 is 0 Å². The van der Waals surface area contributed by atoms with Crippen molar-refractivity contribution < 1.29 is 78.9 Å². The Bertz CT molecular complexity index is 1560. The number of hydrogen-bond acceptors (Lipinski definition) is 16. The van der Waals surface area contributed by atoms with E-state index in [0.717, 1.165) is 44.2 Å². The maximum Gasteiger partial charge on any atom is 0.331 e. The number of aromatic hydroxyl groups is 2. The highest BCUT2D eigenvalue weighted by Gasteiger charge is 2.63. The summed E-state index contributed by atoms with van der Waals surface area (Å²) in [5.74, 6) is -4.05. The number of phenols is 2. The smallest absolute Gasteiger partial charge is 0.331 e. The molecule has 0 bridgehead atoms. The second-order valence-corrected chi connectivity index (χ2v) is 15.4. The van der Waals surface area contributed by atoms with E-state index in [4.69, 9.17) is 28.4 Å². The number of fused-ring (bicyclic) bond motifs is 2. The lowest BCUT2D eigenvalue weighted by Crippen LogP contribution is -2.67. The van der Waals surface area contributed by atoms with Gasteiger partial charge in [0.25, 0.3) is 0 Å². The van der Waals surface area contributed by atoms with Gasteiger partial charge >= 0.3 is 11.9 Å². The van der Waals surface area contributed by atoms with Crippen LogP contribution in [0.3, 0.4) is 0 Å². The predicted octanol–water partition coefficient (Wildman–Crippen LogP) is 2.64. The molecular weight excluding hydrogens is 760 g/mol. The highest BCUT2D eigenvalue weighted by molar-refractivity contribution is 5.82. The molecule has 16 nitrogen and oxygen atoms in total. The van der Waals surface area contributed by atoms with Gasteiger partial charge in [-0.05, 0) is 55.6 Å². The normalized spacial score (nSPS) is 31.5. The monoisotopic (exact) mass is 822 g/mol. The summed E-state index contributed by atoms with van der Waals surface area (Å²) in [6.45, 7) is 6.55. The van der Waals surface area contributed by atoms with E-state index in [1.807, 2.05) is 13.8 Å². The van der Waals surface area contributed by atoms with Gasteiger partial charge in [-0.2, -0.15) is 0 Å². The third-order valence-electron chi connectivity index (χ3n) is 10.9. The molecule has 0 saturated carbocycles. The zero-order chi connectivity index (χ0) is 42.6. The molecule has 1 spiro atoms. The molecule has 13 atom stereocenters. The van der Waals surface area contributed by atoms with E-state index in [1.54, 1.807) is 12.2 Å². The summed E-state index contributed by atoms with van der Waals surface area (Å²) < 4.78 is 34.6. The van der Waals surface area contributed by atoms with Crippen molar-refractivity contribution in [3.8, 4) is 11.5 Å². The first kappa shape index (κ1) is 47.3. The van der Waals surface area contributed by atoms with Gasteiger partial charge in [0.2, 0.25) is 5.79 Å². The molecular formula is C42H62O16. The Morgan fingerprint density at radius 1 is 0.983 bits per heavy atom. The van der Waals surface area contributed by atoms with E-state index >= 15 is 0 Å². The summed E-state index contributed by atoms with van der Waals surface area (Å²) in [5, 5.41) is 86.3. The number of carbonyl (C=O) groups excluding carboxylic acids is 2. The SMILES string of the molecule is CCCCC(=O)OC[C@H]1O[C@@H](O[C@H]2[C@H](OC(=O)/C=C/C=C/CC(O)C(C)CCC/C=C/C(C)CC)[C@@H](O)[C@@]3(OCc4cc(O)cc(O)c43)O[C@@H]2CO)[C@H](O)[C@@H](O)[C@H]1O. The number of hydrogen-bond donors (Lipinski definition) is 8. The highest BCUT2D eigenvalue weighted by atomic mass is 16.8. The van der Waals surface area contributed by atoms with Gasteiger partial charge in [0, 0.05) is 18.6 Å². The Hall–Kier alpha value is -3.42. The number of carbonyl (C=O) groups is 2. The number of allylic oxidation sites excluding steroid dienone is 4. The lowest BCUT2D eigenvalue weighted by Gasteiger charge is -2.50. The van der Waals surface area contributed by atoms with Crippen molar-refractivity contribution in [1.29, 1.82) is 0 Å². The van der Waals surface area contributed by atoms with Crippen LogP contribution in [0.2, 0.25) is 0 Å².